The van der Waals surface area contributed by atoms with Gasteiger partial charge in [-0.2, -0.15) is 5.26 Å². The average molecular weight is 749 g/mol. The van der Waals surface area contributed by atoms with E-state index in [1.54, 1.807) is 23.1 Å². The fourth-order valence-corrected chi connectivity index (χ4v) is 10.1. The maximum Gasteiger partial charge on any atom is 0.255 e. The van der Waals surface area contributed by atoms with Crippen LogP contribution in [-0.2, 0) is 29.2 Å². The second kappa shape index (κ2) is 13.4. The molecule has 4 heterocycles. The minimum absolute atomic E-state index is 0.115. The number of anilines is 1. The third-order valence-corrected chi connectivity index (χ3v) is 12.8. The van der Waals surface area contributed by atoms with Gasteiger partial charge < -0.3 is 19.9 Å². The number of piperidine rings is 2. The largest absolute Gasteiger partial charge is 0.489 e. The molecule has 4 aliphatic heterocycles. The van der Waals surface area contributed by atoms with Crippen molar-refractivity contribution in [3.05, 3.63) is 93.0 Å². The highest BCUT2D eigenvalue weighted by Crippen LogP contribution is 2.55. The van der Waals surface area contributed by atoms with Gasteiger partial charge in [-0.1, -0.05) is 45.4 Å². The molecule has 8 rings (SSSR count). The van der Waals surface area contributed by atoms with Crippen LogP contribution >= 0.6 is 11.6 Å². The van der Waals surface area contributed by atoms with E-state index in [0.29, 0.717) is 46.5 Å². The van der Waals surface area contributed by atoms with Crippen LogP contribution in [0.3, 0.4) is 0 Å². The highest BCUT2D eigenvalue weighted by Gasteiger charge is 2.64. The number of ether oxygens (including phenoxy) is 1. The van der Waals surface area contributed by atoms with Crippen molar-refractivity contribution in [3.63, 3.8) is 0 Å². The quantitative estimate of drug-likeness (QED) is 0.300. The van der Waals surface area contributed by atoms with Gasteiger partial charge in [0.2, 0.25) is 11.8 Å². The Morgan fingerprint density at radius 2 is 1.59 bits per heavy atom. The summed E-state index contributed by atoms with van der Waals surface area (Å²) in [5, 5.41) is 15.2. The van der Waals surface area contributed by atoms with Gasteiger partial charge in [-0.05, 0) is 78.4 Å². The van der Waals surface area contributed by atoms with Gasteiger partial charge in [0.1, 0.15) is 24.0 Å². The zero-order valence-corrected chi connectivity index (χ0v) is 31.8. The fraction of sp³-hybridized carbons (Fsp3) is 0.452. The third kappa shape index (κ3) is 6.19. The van der Waals surface area contributed by atoms with Crippen LogP contribution in [0.15, 0.2) is 54.6 Å². The first kappa shape index (κ1) is 36.1. The number of nitriles is 1. The van der Waals surface area contributed by atoms with Gasteiger partial charge in [0.15, 0.2) is 0 Å². The monoisotopic (exact) mass is 748 g/mol. The number of hydrogen-bond donors (Lipinski definition) is 2. The zero-order chi connectivity index (χ0) is 38.1. The van der Waals surface area contributed by atoms with Gasteiger partial charge in [0.25, 0.3) is 11.8 Å². The molecule has 1 atom stereocenters. The Kier molecular flexibility index (Phi) is 8.97. The molecule has 280 valence electrons. The highest BCUT2D eigenvalue weighted by molar-refractivity contribution is 6.31. The first-order chi connectivity index (χ1) is 25.7. The summed E-state index contributed by atoms with van der Waals surface area (Å²) in [4.78, 5) is 57.5. The molecule has 0 aromatic heterocycles. The van der Waals surface area contributed by atoms with Crippen LogP contribution in [0.2, 0.25) is 5.02 Å². The first-order valence-corrected chi connectivity index (χ1v) is 19.2. The third-order valence-electron chi connectivity index (χ3n) is 12.5. The molecule has 12 heteroatoms. The number of imide groups is 1. The van der Waals surface area contributed by atoms with Crippen molar-refractivity contribution in [2.45, 2.75) is 97.2 Å². The van der Waals surface area contributed by atoms with E-state index in [1.165, 1.54) is 11.1 Å². The van der Waals surface area contributed by atoms with Crippen molar-refractivity contribution in [3.8, 4) is 11.8 Å². The predicted octanol–water partition coefficient (Wildman–Crippen LogP) is 5.57. The van der Waals surface area contributed by atoms with Gasteiger partial charge in [0, 0.05) is 84.9 Å². The number of nitrogens with one attached hydrogen (secondary N) is 2. The molecule has 11 nitrogen and oxygen atoms in total. The maximum atomic E-state index is 13.5. The minimum Gasteiger partial charge on any atom is -0.489 e. The summed E-state index contributed by atoms with van der Waals surface area (Å²) in [6.45, 7) is 12.2. The first-order valence-electron chi connectivity index (χ1n) is 18.8. The Morgan fingerprint density at radius 3 is 2.24 bits per heavy atom. The lowest BCUT2D eigenvalue weighted by molar-refractivity contribution is -0.164. The summed E-state index contributed by atoms with van der Waals surface area (Å²) in [5.41, 5.74) is 5.48. The van der Waals surface area contributed by atoms with Crippen LogP contribution in [0.25, 0.3) is 0 Å². The van der Waals surface area contributed by atoms with E-state index in [2.05, 4.69) is 60.3 Å². The molecule has 1 aliphatic carbocycles. The smallest absolute Gasteiger partial charge is 0.255 e. The van der Waals surface area contributed by atoms with Crippen LogP contribution in [0.4, 0.5) is 5.69 Å². The second-order valence-corrected chi connectivity index (χ2v) is 17.1. The van der Waals surface area contributed by atoms with E-state index in [0.717, 1.165) is 50.3 Å². The Morgan fingerprint density at radius 1 is 0.907 bits per heavy atom. The van der Waals surface area contributed by atoms with E-state index < -0.39 is 6.04 Å². The van der Waals surface area contributed by atoms with E-state index in [1.807, 2.05) is 30.3 Å². The molecule has 2 saturated heterocycles. The van der Waals surface area contributed by atoms with Crippen LogP contribution in [0, 0.1) is 22.2 Å². The lowest BCUT2D eigenvalue weighted by atomic mass is 9.49. The van der Waals surface area contributed by atoms with Gasteiger partial charge >= 0.3 is 0 Å². The SMILES string of the molecule is CC1(C)C(NC(=O)c2ccc(N3CCC(N4Cc5cc6c(cc5C4)C(=O)N(C4CCC(=O)NC4=O)C6)CC3)cc2)C(C)(C)C1Oc1ccc(C#N)c(Cl)c1. The van der Waals surface area contributed by atoms with Gasteiger partial charge in [-0.25, -0.2) is 0 Å². The van der Waals surface area contributed by atoms with E-state index in [4.69, 9.17) is 16.3 Å². The predicted molar refractivity (Wildman–Crippen MR) is 203 cm³/mol. The summed E-state index contributed by atoms with van der Waals surface area (Å²) in [7, 11) is 0. The zero-order valence-electron chi connectivity index (χ0n) is 31.1. The second-order valence-electron chi connectivity index (χ2n) is 16.6. The molecular formula is C42H45ClN6O5. The fourth-order valence-electron chi connectivity index (χ4n) is 9.88. The number of halogens is 1. The minimum atomic E-state index is -0.600. The molecule has 1 unspecified atom stereocenters. The Labute approximate surface area is 320 Å². The number of carbonyl (C=O) groups is 4. The summed E-state index contributed by atoms with van der Waals surface area (Å²) >= 11 is 6.25. The summed E-state index contributed by atoms with van der Waals surface area (Å²) in [5.74, 6) is -0.306. The molecule has 5 aliphatic rings. The van der Waals surface area contributed by atoms with Crippen molar-refractivity contribution < 1.29 is 23.9 Å². The molecule has 0 radical (unpaired) electrons. The molecule has 0 spiro atoms. The normalized spacial score (nSPS) is 24.7. The van der Waals surface area contributed by atoms with Crippen LogP contribution in [0.5, 0.6) is 5.75 Å². The number of hydrogen-bond acceptors (Lipinski definition) is 8. The van der Waals surface area contributed by atoms with Crippen molar-refractivity contribution in [2.24, 2.45) is 10.8 Å². The van der Waals surface area contributed by atoms with Gasteiger partial charge in [-0.15, -0.1) is 0 Å². The molecule has 54 heavy (non-hydrogen) atoms. The standard InChI is InChI=1S/C42H45ClN6O5/c1-41(2)39(42(3,4)40(41)54-31-10-7-25(20-44)33(43)19-31)46-36(51)24-5-8-29(9-6-24)47-15-13-30(14-16-47)48-21-26-17-28-23-49(34-11-12-35(50)45-37(34)52)38(53)32(28)18-27(26)22-48/h5-10,17-19,30,34,39-40H,11-16,21-23H2,1-4H3,(H,46,51)(H,45,50,52). The Balaban J connectivity index is 0.836. The maximum absolute atomic E-state index is 13.5. The van der Waals surface area contributed by atoms with Crippen molar-refractivity contribution in [2.75, 3.05) is 18.0 Å². The summed E-state index contributed by atoms with van der Waals surface area (Å²) in [6, 6.07) is 18.9. The molecule has 1 saturated carbocycles. The Hall–Kier alpha value is -4.92. The molecular weight excluding hydrogens is 704 g/mol. The van der Waals surface area contributed by atoms with Crippen LogP contribution in [-0.4, -0.2) is 70.7 Å². The molecule has 3 fully saturated rings. The number of fused-ring (bicyclic) bond motifs is 2. The van der Waals surface area contributed by atoms with Crippen LogP contribution in [0.1, 0.15) is 96.3 Å². The summed E-state index contributed by atoms with van der Waals surface area (Å²) < 4.78 is 6.38. The molecule has 4 amide bonds. The van der Waals surface area contributed by atoms with Gasteiger partial charge in [-0.3, -0.25) is 29.4 Å². The molecule has 0 bridgehead atoms. The van der Waals surface area contributed by atoms with E-state index >= 15 is 0 Å². The van der Waals surface area contributed by atoms with Crippen LogP contribution < -0.4 is 20.3 Å². The van der Waals surface area contributed by atoms with Crippen molar-refractivity contribution in [1.82, 2.24) is 20.4 Å². The topological polar surface area (TPSA) is 135 Å². The van der Waals surface area contributed by atoms with Gasteiger partial charge in [0.05, 0.1) is 10.6 Å². The lowest BCUT2D eigenvalue weighted by Crippen LogP contribution is -2.74. The average Bonchev–Trinajstić information content (AvgIpc) is 3.71. The van der Waals surface area contributed by atoms with E-state index in [-0.39, 0.29) is 53.0 Å². The molecule has 3 aromatic rings. The lowest BCUT2D eigenvalue weighted by Gasteiger charge is -2.63. The number of carbonyl (C=O) groups excluding carboxylic acids is 4. The van der Waals surface area contributed by atoms with E-state index in [9.17, 15) is 24.4 Å². The Bertz CT molecular complexity index is 2080. The summed E-state index contributed by atoms with van der Waals surface area (Å²) in [6.07, 6.45) is 2.47. The number of benzene rings is 3. The number of amides is 4. The molecule has 2 N–H and O–H groups in total. The number of rotatable bonds is 7. The highest BCUT2D eigenvalue weighted by atomic mass is 35.5. The van der Waals surface area contributed by atoms with Crippen molar-refractivity contribution in [1.29, 1.82) is 5.26 Å². The molecule has 3 aromatic carbocycles. The van der Waals surface area contributed by atoms with Crippen molar-refractivity contribution >= 4 is 40.9 Å². The number of nitrogens with zero attached hydrogens (tertiary/aromatic N) is 4.